The van der Waals surface area contributed by atoms with Crippen molar-refractivity contribution < 1.29 is 14.7 Å². The number of carbonyl (C=O) groups is 2. The Morgan fingerprint density at radius 1 is 1.00 bits per heavy atom. The molecule has 2 aromatic rings. The lowest BCUT2D eigenvalue weighted by Crippen LogP contribution is -2.11. The normalized spacial score (nSPS) is 9.95. The van der Waals surface area contributed by atoms with Gasteiger partial charge < -0.3 is 15.7 Å². The summed E-state index contributed by atoms with van der Waals surface area (Å²) in [5.74, 6) is -0.220. The monoisotopic (exact) mass is 284 g/mol. The number of hydrogen-bond acceptors (Lipinski definition) is 3. The van der Waals surface area contributed by atoms with E-state index in [9.17, 15) is 9.59 Å². The third-order valence-electron chi connectivity index (χ3n) is 2.98. The van der Waals surface area contributed by atoms with Gasteiger partial charge in [0.15, 0.2) is 0 Å². The summed E-state index contributed by atoms with van der Waals surface area (Å²) in [6.45, 7) is 0.104. The Bertz CT molecular complexity index is 606. The highest BCUT2D eigenvalue weighted by Gasteiger charge is 2.06. The van der Waals surface area contributed by atoms with Crippen LogP contribution in [0.1, 0.15) is 15.9 Å². The molecule has 3 N–H and O–H groups in total. The minimum atomic E-state index is -0.220. The summed E-state index contributed by atoms with van der Waals surface area (Å²) in [4.78, 5) is 22.4. The minimum absolute atomic E-state index is 0.104. The summed E-state index contributed by atoms with van der Waals surface area (Å²) >= 11 is 0. The zero-order valence-corrected chi connectivity index (χ0v) is 11.4. The summed E-state index contributed by atoms with van der Waals surface area (Å²) in [5.41, 5.74) is 2.84. The Morgan fingerprint density at radius 2 is 1.62 bits per heavy atom. The van der Waals surface area contributed by atoms with Crippen LogP contribution in [0.3, 0.4) is 0 Å². The average Bonchev–Trinajstić information content (AvgIpc) is 2.50. The van der Waals surface area contributed by atoms with Crippen LogP contribution in [0.15, 0.2) is 48.5 Å². The lowest BCUT2D eigenvalue weighted by molar-refractivity contribution is -0.105. The van der Waals surface area contributed by atoms with Crippen LogP contribution in [0.4, 0.5) is 11.4 Å². The van der Waals surface area contributed by atoms with Gasteiger partial charge in [0.25, 0.3) is 5.91 Å². The fraction of sp³-hybridized carbons (Fsp3) is 0.125. The van der Waals surface area contributed by atoms with Crippen LogP contribution in [-0.4, -0.2) is 24.0 Å². The largest absolute Gasteiger partial charge is 0.396 e. The number of amides is 2. The SMILES string of the molecule is O=CNc1ccc(C(=O)Nc2ccc(CCO)cc2)cc1. The predicted molar refractivity (Wildman–Crippen MR) is 81.3 cm³/mol. The number of aliphatic hydroxyl groups is 1. The van der Waals surface area contributed by atoms with E-state index in [2.05, 4.69) is 10.6 Å². The van der Waals surface area contributed by atoms with Gasteiger partial charge in [0.05, 0.1) is 0 Å². The molecule has 0 bridgehead atoms. The van der Waals surface area contributed by atoms with Crippen molar-refractivity contribution in [2.45, 2.75) is 6.42 Å². The van der Waals surface area contributed by atoms with Crippen molar-refractivity contribution in [1.82, 2.24) is 0 Å². The molecular weight excluding hydrogens is 268 g/mol. The summed E-state index contributed by atoms with van der Waals surface area (Å²) in [6.07, 6.45) is 1.18. The lowest BCUT2D eigenvalue weighted by atomic mass is 10.1. The molecule has 0 saturated heterocycles. The van der Waals surface area contributed by atoms with Crippen molar-refractivity contribution in [3.63, 3.8) is 0 Å². The van der Waals surface area contributed by atoms with E-state index >= 15 is 0 Å². The van der Waals surface area contributed by atoms with Crippen LogP contribution >= 0.6 is 0 Å². The molecule has 5 heteroatoms. The highest BCUT2D eigenvalue weighted by molar-refractivity contribution is 6.04. The van der Waals surface area contributed by atoms with Crippen molar-refractivity contribution in [2.24, 2.45) is 0 Å². The lowest BCUT2D eigenvalue weighted by Gasteiger charge is -2.07. The average molecular weight is 284 g/mol. The third-order valence-corrected chi connectivity index (χ3v) is 2.98. The summed E-state index contributed by atoms with van der Waals surface area (Å²) < 4.78 is 0. The van der Waals surface area contributed by atoms with E-state index in [1.807, 2.05) is 12.1 Å². The van der Waals surface area contributed by atoms with Crippen molar-refractivity contribution in [1.29, 1.82) is 0 Å². The molecule has 0 fully saturated rings. The molecule has 0 spiro atoms. The number of carbonyl (C=O) groups excluding carboxylic acids is 2. The van der Waals surface area contributed by atoms with E-state index in [-0.39, 0.29) is 12.5 Å². The molecule has 108 valence electrons. The Balaban J connectivity index is 2.01. The number of hydrogen-bond donors (Lipinski definition) is 3. The van der Waals surface area contributed by atoms with E-state index in [1.54, 1.807) is 36.4 Å². The first kappa shape index (κ1) is 14.7. The number of aliphatic hydroxyl groups excluding tert-OH is 1. The zero-order chi connectivity index (χ0) is 15.1. The fourth-order valence-electron chi connectivity index (χ4n) is 1.87. The molecule has 2 amide bonds. The smallest absolute Gasteiger partial charge is 0.255 e. The molecule has 0 saturated carbocycles. The highest BCUT2D eigenvalue weighted by atomic mass is 16.3. The summed E-state index contributed by atoms with van der Waals surface area (Å²) in [7, 11) is 0. The standard InChI is InChI=1S/C16H16N2O3/c19-10-9-12-1-5-15(6-2-12)18-16(21)13-3-7-14(8-4-13)17-11-20/h1-8,11,19H,9-10H2,(H,17,20)(H,18,21). The highest BCUT2D eigenvalue weighted by Crippen LogP contribution is 2.13. The first-order valence-electron chi connectivity index (χ1n) is 6.54. The molecule has 0 unspecified atom stereocenters. The molecule has 0 aromatic heterocycles. The van der Waals surface area contributed by atoms with Gasteiger partial charge in [0.1, 0.15) is 0 Å². The Labute approximate surface area is 122 Å². The van der Waals surface area contributed by atoms with Gasteiger partial charge in [-0.05, 0) is 48.4 Å². The van der Waals surface area contributed by atoms with Crippen molar-refractivity contribution in [3.05, 3.63) is 59.7 Å². The fourth-order valence-corrected chi connectivity index (χ4v) is 1.87. The van der Waals surface area contributed by atoms with Gasteiger partial charge >= 0.3 is 0 Å². The topological polar surface area (TPSA) is 78.4 Å². The number of benzene rings is 2. The Hall–Kier alpha value is -2.66. The van der Waals surface area contributed by atoms with Gasteiger partial charge in [0, 0.05) is 23.5 Å². The molecule has 2 rings (SSSR count). The van der Waals surface area contributed by atoms with E-state index < -0.39 is 0 Å². The molecule has 0 heterocycles. The summed E-state index contributed by atoms with van der Waals surface area (Å²) in [6, 6.07) is 13.9. The van der Waals surface area contributed by atoms with Crippen LogP contribution in [0, 0.1) is 0 Å². The van der Waals surface area contributed by atoms with Gasteiger partial charge in [-0.25, -0.2) is 0 Å². The molecule has 2 aromatic carbocycles. The summed E-state index contributed by atoms with van der Waals surface area (Å²) in [5, 5.41) is 14.1. The molecule has 0 radical (unpaired) electrons. The number of anilines is 2. The Kier molecular flexibility index (Phi) is 5.06. The Morgan fingerprint density at radius 3 is 2.19 bits per heavy atom. The van der Waals surface area contributed by atoms with Gasteiger partial charge in [-0.15, -0.1) is 0 Å². The predicted octanol–water partition coefficient (Wildman–Crippen LogP) is 2.04. The maximum absolute atomic E-state index is 12.1. The second-order valence-corrected chi connectivity index (χ2v) is 4.46. The first-order valence-corrected chi connectivity index (χ1v) is 6.54. The minimum Gasteiger partial charge on any atom is -0.396 e. The van der Waals surface area contributed by atoms with Crippen molar-refractivity contribution in [3.8, 4) is 0 Å². The van der Waals surface area contributed by atoms with Gasteiger partial charge in [0.2, 0.25) is 6.41 Å². The number of rotatable bonds is 6. The molecule has 0 aliphatic rings. The maximum Gasteiger partial charge on any atom is 0.255 e. The van der Waals surface area contributed by atoms with Crippen LogP contribution in [0.2, 0.25) is 0 Å². The van der Waals surface area contributed by atoms with Gasteiger partial charge in [-0.1, -0.05) is 12.1 Å². The molecule has 0 atom stereocenters. The first-order chi connectivity index (χ1) is 10.2. The van der Waals surface area contributed by atoms with E-state index in [4.69, 9.17) is 5.11 Å². The molecule has 21 heavy (non-hydrogen) atoms. The van der Waals surface area contributed by atoms with Crippen molar-refractivity contribution in [2.75, 3.05) is 17.2 Å². The van der Waals surface area contributed by atoms with Gasteiger partial charge in [-0.2, -0.15) is 0 Å². The third kappa shape index (κ3) is 4.15. The maximum atomic E-state index is 12.1. The van der Waals surface area contributed by atoms with E-state index in [1.165, 1.54) is 0 Å². The zero-order valence-electron chi connectivity index (χ0n) is 11.4. The van der Waals surface area contributed by atoms with E-state index in [0.29, 0.717) is 29.8 Å². The molecule has 0 aliphatic carbocycles. The van der Waals surface area contributed by atoms with E-state index in [0.717, 1.165) is 5.56 Å². The van der Waals surface area contributed by atoms with Crippen molar-refractivity contribution >= 4 is 23.7 Å². The van der Waals surface area contributed by atoms with Crippen LogP contribution in [0.25, 0.3) is 0 Å². The second kappa shape index (κ2) is 7.21. The van der Waals surface area contributed by atoms with Gasteiger partial charge in [-0.3, -0.25) is 9.59 Å². The molecule has 5 nitrogen and oxygen atoms in total. The van der Waals surface area contributed by atoms with Crippen LogP contribution in [0.5, 0.6) is 0 Å². The molecular formula is C16H16N2O3. The number of nitrogens with one attached hydrogen (secondary N) is 2. The quantitative estimate of drug-likeness (QED) is 0.710. The van der Waals surface area contributed by atoms with Crippen LogP contribution in [-0.2, 0) is 11.2 Å². The molecule has 0 aliphatic heterocycles. The second-order valence-electron chi connectivity index (χ2n) is 4.46. The van der Waals surface area contributed by atoms with Crippen LogP contribution < -0.4 is 10.6 Å².